The summed E-state index contributed by atoms with van der Waals surface area (Å²) in [6.45, 7) is 0. The molecule has 2 saturated carbocycles. The van der Waals surface area contributed by atoms with Crippen LogP contribution in [0.2, 0.25) is 5.02 Å². The molecule has 2 unspecified atom stereocenters. The van der Waals surface area contributed by atoms with E-state index in [1.807, 2.05) is 0 Å². The monoisotopic (exact) mass is 348 g/mol. The van der Waals surface area contributed by atoms with E-state index in [1.54, 1.807) is 0 Å². The molecular weight excluding hydrogens is 335 g/mol. The highest BCUT2D eigenvalue weighted by molar-refractivity contribution is 9.10. The van der Waals surface area contributed by atoms with E-state index in [0.29, 0.717) is 16.6 Å². The standard InChI is InChI=1S/C14H15BrClFO2/c15-8-5-9(16)10(17)6-11(8)19-13-7-12(18)14(13)3-1-2-4-14/h5-6,12-13,18H,1-4,7H2. The minimum atomic E-state index is -0.486. The van der Waals surface area contributed by atoms with Gasteiger partial charge in [0.15, 0.2) is 0 Å². The normalized spacial score (nSPS) is 28.4. The maximum atomic E-state index is 13.5. The van der Waals surface area contributed by atoms with Crippen LogP contribution in [0.15, 0.2) is 16.6 Å². The minimum absolute atomic E-state index is 0.0260. The lowest BCUT2D eigenvalue weighted by Crippen LogP contribution is -2.58. The molecule has 5 heteroatoms. The average molecular weight is 350 g/mol. The number of halogens is 3. The van der Waals surface area contributed by atoms with E-state index in [0.717, 1.165) is 25.7 Å². The summed E-state index contributed by atoms with van der Waals surface area (Å²) >= 11 is 9.05. The number of hydrogen-bond donors (Lipinski definition) is 1. The molecular formula is C14H15BrClFO2. The van der Waals surface area contributed by atoms with Gasteiger partial charge in [0.05, 0.1) is 15.6 Å². The van der Waals surface area contributed by atoms with Gasteiger partial charge in [0.25, 0.3) is 0 Å². The summed E-state index contributed by atoms with van der Waals surface area (Å²) < 4.78 is 20.1. The van der Waals surface area contributed by atoms with Gasteiger partial charge in [-0.25, -0.2) is 4.39 Å². The molecule has 0 radical (unpaired) electrons. The van der Waals surface area contributed by atoms with Gasteiger partial charge in [-0.1, -0.05) is 24.4 Å². The number of ether oxygens (including phenoxy) is 1. The van der Waals surface area contributed by atoms with Gasteiger partial charge in [-0.05, 0) is 34.8 Å². The Bertz CT molecular complexity index is 502. The predicted molar refractivity (Wildman–Crippen MR) is 75.1 cm³/mol. The third-order valence-corrected chi connectivity index (χ3v) is 5.43. The average Bonchev–Trinajstić information content (AvgIpc) is 2.87. The summed E-state index contributed by atoms with van der Waals surface area (Å²) in [4.78, 5) is 0. The van der Waals surface area contributed by atoms with Crippen LogP contribution in [0.25, 0.3) is 0 Å². The van der Waals surface area contributed by atoms with Crippen LogP contribution in [0.4, 0.5) is 4.39 Å². The maximum absolute atomic E-state index is 13.5. The zero-order chi connectivity index (χ0) is 13.6. The molecule has 3 rings (SSSR count). The number of aliphatic hydroxyl groups excluding tert-OH is 1. The first-order chi connectivity index (χ1) is 9.03. The van der Waals surface area contributed by atoms with E-state index < -0.39 is 5.82 Å². The minimum Gasteiger partial charge on any atom is -0.488 e. The highest BCUT2D eigenvalue weighted by Gasteiger charge is 2.57. The van der Waals surface area contributed by atoms with Crippen molar-refractivity contribution in [1.82, 2.24) is 0 Å². The molecule has 2 atom stereocenters. The van der Waals surface area contributed by atoms with Crippen LogP contribution in [-0.4, -0.2) is 17.3 Å². The first kappa shape index (κ1) is 13.7. The number of rotatable bonds is 2. The van der Waals surface area contributed by atoms with Gasteiger partial charge in [0.2, 0.25) is 0 Å². The second-order valence-corrected chi connectivity index (χ2v) is 6.76. The lowest BCUT2D eigenvalue weighted by molar-refractivity contribution is -0.152. The molecule has 1 N–H and O–H groups in total. The fourth-order valence-electron chi connectivity index (χ4n) is 3.33. The summed E-state index contributed by atoms with van der Waals surface area (Å²) in [5, 5.41) is 10.1. The third-order valence-electron chi connectivity index (χ3n) is 4.52. The van der Waals surface area contributed by atoms with E-state index in [1.165, 1.54) is 12.1 Å². The molecule has 1 spiro atoms. The van der Waals surface area contributed by atoms with Crippen LogP contribution < -0.4 is 4.74 Å². The van der Waals surface area contributed by atoms with Crippen LogP contribution in [0.1, 0.15) is 32.1 Å². The smallest absolute Gasteiger partial charge is 0.145 e. The molecule has 0 aliphatic heterocycles. The quantitative estimate of drug-likeness (QED) is 0.806. The largest absolute Gasteiger partial charge is 0.488 e. The lowest BCUT2D eigenvalue weighted by Gasteiger charge is -2.51. The Morgan fingerprint density at radius 3 is 2.68 bits per heavy atom. The van der Waals surface area contributed by atoms with Crippen molar-refractivity contribution in [3.8, 4) is 5.75 Å². The Kier molecular flexibility index (Phi) is 3.52. The van der Waals surface area contributed by atoms with Crippen molar-refractivity contribution in [3.63, 3.8) is 0 Å². The van der Waals surface area contributed by atoms with Crippen molar-refractivity contribution in [2.45, 2.75) is 44.3 Å². The Balaban J connectivity index is 1.81. The number of aliphatic hydroxyl groups is 1. The van der Waals surface area contributed by atoms with Gasteiger partial charge >= 0.3 is 0 Å². The van der Waals surface area contributed by atoms with E-state index in [2.05, 4.69) is 15.9 Å². The van der Waals surface area contributed by atoms with Gasteiger partial charge in [-0.15, -0.1) is 0 Å². The molecule has 0 bridgehead atoms. The Morgan fingerprint density at radius 2 is 2.05 bits per heavy atom. The van der Waals surface area contributed by atoms with Crippen molar-refractivity contribution >= 4 is 27.5 Å². The summed E-state index contributed by atoms with van der Waals surface area (Å²) in [7, 11) is 0. The molecule has 19 heavy (non-hydrogen) atoms. The SMILES string of the molecule is OC1CC(Oc2cc(F)c(Cl)cc2Br)C12CCCC2. The topological polar surface area (TPSA) is 29.5 Å². The van der Waals surface area contributed by atoms with Crippen LogP contribution >= 0.6 is 27.5 Å². The molecule has 0 saturated heterocycles. The van der Waals surface area contributed by atoms with Crippen LogP contribution in [0, 0.1) is 11.2 Å². The Hall–Kier alpha value is -0.320. The van der Waals surface area contributed by atoms with E-state index in [4.69, 9.17) is 16.3 Å². The first-order valence-electron chi connectivity index (χ1n) is 6.52. The molecule has 0 amide bonds. The Morgan fingerprint density at radius 1 is 1.37 bits per heavy atom. The molecule has 0 aromatic heterocycles. The van der Waals surface area contributed by atoms with Crippen molar-refractivity contribution in [2.75, 3.05) is 0 Å². The fraction of sp³-hybridized carbons (Fsp3) is 0.571. The fourth-order valence-corrected chi connectivity index (χ4v) is 4.06. The maximum Gasteiger partial charge on any atom is 0.145 e. The summed E-state index contributed by atoms with van der Waals surface area (Å²) in [6, 6.07) is 2.81. The van der Waals surface area contributed by atoms with Crippen molar-refractivity contribution < 1.29 is 14.2 Å². The van der Waals surface area contributed by atoms with Crippen molar-refractivity contribution in [2.24, 2.45) is 5.41 Å². The van der Waals surface area contributed by atoms with Gasteiger partial charge < -0.3 is 9.84 Å². The molecule has 2 aliphatic carbocycles. The van der Waals surface area contributed by atoms with Gasteiger partial charge in [-0.2, -0.15) is 0 Å². The molecule has 2 fully saturated rings. The molecule has 1 aromatic carbocycles. The van der Waals surface area contributed by atoms with Crippen molar-refractivity contribution in [3.05, 3.63) is 27.4 Å². The van der Waals surface area contributed by atoms with Crippen molar-refractivity contribution in [1.29, 1.82) is 0 Å². The molecule has 0 heterocycles. The highest BCUT2D eigenvalue weighted by atomic mass is 79.9. The predicted octanol–water partition coefficient (Wildman–Crippen LogP) is 4.31. The summed E-state index contributed by atoms with van der Waals surface area (Å²) in [6.07, 6.45) is 4.56. The second-order valence-electron chi connectivity index (χ2n) is 5.50. The van der Waals surface area contributed by atoms with E-state index in [9.17, 15) is 9.50 Å². The molecule has 2 nitrogen and oxygen atoms in total. The second kappa shape index (κ2) is 4.90. The Labute approximate surface area is 125 Å². The third kappa shape index (κ3) is 2.18. The van der Waals surface area contributed by atoms with Crippen LogP contribution in [-0.2, 0) is 0 Å². The first-order valence-corrected chi connectivity index (χ1v) is 7.69. The molecule has 1 aromatic rings. The molecule has 104 valence electrons. The van der Waals surface area contributed by atoms with E-state index >= 15 is 0 Å². The summed E-state index contributed by atoms with van der Waals surface area (Å²) in [5.74, 6) is -0.0229. The number of benzene rings is 1. The zero-order valence-electron chi connectivity index (χ0n) is 10.3. The van der Waals surface area contributed by atoms with Gasteiger partial charge in [-0.3, -0.25) is 0 Å². The zero-order valence-corrected chi connectivity index (χ0v) is 12.7. The van der Waals surface area contributed by atoms with Crippen LogP contribution in [0.5, 0.6) is 5.75 Å². The lowest BCUT2D eigenvalue weighted by atomic mass is 9.62. The van der Waals surface area contributed by atoms with Crippen LogP contribution in [0.3, 0.4) is 0 Å². The summed E-state index contributed by atoms with van der Waals surface area (Å²) in [5.41, 5.74) is -0.116. The molecule has 2 aliphatic rings. The highest BCUT2D eigenvalue weighted by Crippen LogP contribution is 2.55. The van der Waals surface area contributed by atoms with E-state index in [-0.39, 0.29) is 22.6 Å². The van der Waals surface area contributed by atoms with Gasteiger partial charge in [0, 0.05) is 17.9 Å². The number of hydrogen-bond acceptors (Lipinski definition) is 2. The van der Waals surface area contributed by atoms with Gasteiger partial charge in [0.1, 0.15) is 17.7 Å².